The molecule has 1 atom stereocenters. The molecule has 0 spiro atoms. The second kappa shape index (κ2) is 7.24. The van der Waals surface area contributed by atoms with E-state index < -0.39 is 0 Å². The van der Waals surface area contributed by atoms with E-state index in [9.17, 15) is 4.79 Å². The lowest BCUT2D eigenvalue weighted by Gasteiger charge is -2.27. The van der Waals surface area contributed by atoms with E-state index in [2.05, 4.69) is 57.4 Å². The molecule has 1 N–H and O–H groups in total. The minimum absolute atomic E-state index is 0.0984. The van der Waals surface area contributed by atoms with E-state index in [0.29, 0.717) is 19.0 Å². The summed E-state index contributed by atoms with van der Waals surface area (Å²) in [7, 11) is 2.03. The average molecular weight is 347 g/mol. The zero-order valence-corrected chi connectivity index (χ0v) is 15.2. The van der Waals surface area contributed by atoms with E-state index in [-0.39, 0.29) is 5.91 Å². The summed E-state index contributed by atoms with van der Waals surface area (Å²) in [5.41, 5.74) is 3.51. The van der Waals surface area contributed by atoms with Crippen molar-refractivity contribution in [2.75, 3.05) is 18.0 Å². The van der Waals surface area contributed by atoms with Crippen molar-refractivity contribution in [2.24, 2.45) is 7.05 Å². The van der Waals surface area contributed by atoms with Crippen LogP contribution in [0.4, 0.5) is 5.69 Å². The first-order chi connectivity index (χ1) is 12.7. The molecule has 1 aromatic heterocycles. The molecule has 2 heterocycles. The molecule has 134 valence electrons. The lowest BCUT2D eigenvalue weighted by molar-refractivity contribution is -0.120. The zero-order chi connectivity index (χ0) is 17.9. The fraction of sp³-hybridized carbons (Fsp3) is 0.318. The van der Waals surface area contributed by atoms with Gasteiger partial charge in [-0.3, -0.25) is 4.79 Å². The third-order valence-corrected chi connectivity index (χ3v) is 5.33. The summed E-state index contributed by atoms with van der Waals surface area (Å²) in [6.45, 7) is 1.77. The number of nitrogens with zero attached hydrogens (tertiary/aromatic N) is 2. The van der Waals surface area contributed by atoms with Crippen LogP contribution in [0.15, 0.2) is 60.8 Å². The van der Waals surface area contributed by atoms with Gasteiger partial charge in [0.1, 0.15) is 0 Å². The van der Waals surface area contributed by atoms with Crippen LogP contribution in [0.5, 0.6) is 0 Å². The highest BCUT2D eigenvalue weighted by molar-refractivity contribution is 5.89. The number of hydrogen-bond acceptors (Lipinski definition) is 2. The molecule has 4 heteroatoms. The first-order valence-corrected chi connectivity index (χ1v) is 9.34. The quantitative estimate of drug-likeness (QED) is 0.767. The van der Waals surface area contributed by atoms with Crippen LogP contribution < -0.4 is 10.2 Å². The molecule has 3 aromatic rings. The standard InChI is InChI=1S/C22H25N3O/c1-24-16-17(20-11-5-6-12-21(20)24)14-22(26)23-15-19-10-7-13-25(19)18-8-3-2-4-9-18/h2-6,8-9,11-12,16,19H,7,10,13-15H2,1H3,(H,23,26). The second-order valence-electron chi connectivity index (χ2n) is 7.09. The van der Waals surface area contributed by atoms with Crippen molar-refractivity contribution in [2.45, 2.75) is 25.3 Å². The number of carbonyl (C=O) groups excluding carboxylic acids is 1. The summed E-state index contributed by atoms with van der Waals surface area (Å²) in [6, 6.07) is 19.1. The molecular formula is C22H25N3O. The Kier molecular flexibility index (Phi) is 4.65. The van der Waals surface area contributed by atoms with E-state index in [0.717, 1.165) is 23.9 Å². The Bertz CT molecular complexity index is 900. The van der Waals surface area contributed by atoms with Gasteiger partial charge in [0.05, 0.1) is 6.42 Å². The van der Waals surface area contributed by atoms with Crippen LogP contribution >= 0.6 is 0 Å². The summed E-state index contributed by atoms with van der Waals surface area (Å²) < 4.78 is 2.09. The number of benzene rings is 2. The van der Waals surface area contributed by atoms with Gasteiger partial charge in [0.15, 0.2) is 0 Å². The van der Waals surface area contributed by atoms with Gasteiger partial charge < -0.3 is 14.8 Å². The Balaban J connectivity index is 1.39. The fourth-order valence-electron chi connectivity index (χ4n) is 4.04. The molecule has 26 heavy (non-hydrogen) atoms. The summed E-state index contributed by atoms with van der Waals surface area (Å²) in [4.78, 5) is 14.9. The van der Waals surface area contributed by atoms with Gasteiger partial charge in [-0.25, -0.2) is 0 Å². The molecule has 1 aliphatic heterocycles. The first-order valence-electron chi connectivity index (χ1n) is 9.34. The molecule has 1 fully saturated rings. The normalized spacial score (nSPS) is 17.0. The van der Waals surface area contributed by atoms with E-state index in [1.165, 1.54) is 17.6 Å². The van der Waals surface area contributed by atoms with Crippen molar-refractivity contribution in [1.82, 2.24) is 9.88 Å². The number of hydrogen-bond donors (Lipinski definition) is 1. The van der Waals surface area contributed by atoms with E-state index >= 15 is 0 Å². The number of rotatable bonds is 5. The number of carbonyl (C=O) groups is 1. The highest BCUT2D eigenvalue weighted by Crippen LogP contribution is 2.25. The maximum Gasteiger partial charge on any atom is 0.224 e. The van der Waals surface area contributed by atoms with Crippen LogP contribution in [-0.2, 0) is 18.3 Å². The molecule has 4 rings (SSSR count). The van der Waals surface area contributed by atoms with Crippen LogP contribution in [0.2, 0.25) is 0 Å². The summed E-state index contributed by atoms with van der Waals surface area (Å²) in [5, 5.41) is 4.32. The van der Waals surface area contributed by atoms with Gasteiger partial charge in [-0.1, -0.05) is 36.4 Å². The molecule has 0 radical (unpaired) electrons. The van der Waals surface area contributed by atoms with Crippen LogP contribution in [0.1, 0.15) is 18.4 Å². The van der Waals surface area contributed by atoms with Gasteiger partial charge in [0, 0.05) is 49.0 Å². The highest BCUT2D eigenvalue weighted by Gasteiger charge is 2.25. The minimum atomic E-state index is 0.0984. The van der Waals surface area contributed by atoms with Gasteiger partial charge in [0.2, 0.25) is 5.91 Å². The molecule has 1 aliphatic rings. The second-order valence-corrected chi connectivity index (χ2v) is 7.09. The number of para-hydroxylation sites is 2. The van der Waals surface area contributed by atoms with Crippen molar-refractivity contribution in [3.63, 3.8) is 0 Å². The first kappa shape index (κ1) is 16.7. The average Bonchev–Trinajstić information content (AvgIpc) is 3.26. The van der Waals surface area contributed by atoms with Crippen LogP contribution in [-0.4, -0.2) is 29.6 Å². The predicted molar refractivity (Wildman–Crippen MR) is 106 cm³/mol. The Hall–Kier alpha value is -2.75. The van der Waals surface area contributed by atoms with Gasteiger partial charge >= 0.3 is 0 Å². The topological polar surface area (TPSA) is 37.3 Å². The number of aryl methyl sites for hydroxylation is 1. The maximum atomic E-state index is 12.5. The number of anilines is 1. The summed E-state index contributed by atoms with van der Waals surface area (Å²) in [5.74, 6) is 0.0984. The molecule has 1 unspecified atom stereocenters. The number of amides is 1. The van der Waals surface area contributed by atoms with Gasteiger partial charge in [-0.2, -0.15) is 0 Å². The van der Waals surface area contributed by atoms with Crippen molar-refractivity contribution in [1.29, 1.82) is 0 Å². The number of nitrogens with one attached hydrogen (secondary N) is 1. The molecule has 0 bridgehead atoms. The number of fused-ring (bicyclic) bond motifs is 1. The summed E-state index contributed by atoms with van der Waals surface area (Å²) in [6.07, 6.45) is 4.80. The highest BCUT2D eigenvalue weighted by atomic mass is 16.1. The predicted octanol–water partition coefficient (Wildman–Crippen LogP) is 3.51. The molecule has 1 saturated heterocycles. The van der Waals surface area contributed by atoms with E-state index in [4.69, 9.17) is 0 Å². The Morgan fingerprint density at radius 1 is 1.12 bits per heavy atom. The van der Waals surface area contributed by atoms with Crippen molar-refractivity contribution in [3.8, 4) is 0 Å². The Morgan fingerprint density at radius 3 is 2.73 bits per heavy atom. The molecule has 0 saturated carbocycles. The van der Waals surface area contributed by atoms with Gasteiger partial charge in [-0.05, 0) is 36.6 Å². The molecule has 2 aromatic carbocycles. The van der Waals surface area contributed by atoms with E-state index in [1.54, 1.807) is 0 Å². The van der Waals surface area contributed by atoms with Crippen LogP contribution in [0.25, 0.3) is 10.9 Å². The SMILES string of the molecule is Cn1cc(CC(=O)NCC2CCCN2c2ccccc2)c2ccccc21. The third kappa shape index (κ3) is 3.32. The molecular weight excluding hydrogens is 322 g/mol. The molecule has 4 nitrogen and oxygen atoms in total. The Labute approximate surface area is 154 Å². The third-order valence-electron chi connectivity index (χ3n) is 5.33. The van der Waals surface area contributed by atoms with Crippen molar-refractivity contribution >= 4 is 22.5 Å². The van der Waals surface area contributed by atoms with Gasteiger partial charge in [0.25, 0.3) is 0 Å². The molecule has 0 aliphatic carbocycles. The van der Waals surface area contributed by atoms with Crippen molar-refractivity contribution < 1.29 is 4.79 Å². The largest absolute Gasteiger partial charge is 0.367 e. The summed E-state index contributed by atoms with van der Waals surface area (Å²) >= 11 is 0. The van der Waals surface area contributed by atoms with Crippen molar-refractivity contribution in [3.05, 3.63) is 66.4 Å². The van der Waals surface area contributed by atoms with Crippen LogP contribution in [0.3, 0.4) is 0 Å². The lowest BCUT2D eigenvalue weighted by Crippen LogP contribution is -2.40. The monoisotopic (exact) mass is 347 g/mol. The van der Waals surface area contributed by atoms with E-state index in [1.807, 2.05) is 25.2 Å². The maximum absolute atomic E-state index is 12.5. The molecule has 1 amide bonds. The number of aromatic nitrogens is 1. The van der Waals surface area contributed by atoms with Gasteiger partial charge in [-0.15, -0.1) is 0 Å². The Morgan fingerprint density at radius 2 is 1.88 bits per heavy atom. The lowest BCUT2D eigenvalue weighted by atomic mass is 10.1. The zero-order valence-electron chi connectivity index (χ0n) is 15.2. The fourth-order valence-corrected chi connectivity index (χ4v) is 4.04. The van der Waals surface area contributed by atoms with Crippen LogP contribution in [0, 0.1) is 0 Å². The minimum Gasteiger partial charge on any atom is -0.367 e. The smallest absolute Gasteiger partial charge is 0.224 e.